The standard InChI is InChI=1S/C11H16F2N2O2/c1-2-8-3-4-9(17-8)11(16)15(6-5-14)7-10(12)13/h3-4,10H,2,5-7,14H2,1H3. The lowest BCUT2D eigenvalue weighted by Gasteiger charge is -2.20. The number of carbonyl (C=O) groups is 1. The van der Waals surface area contributed by atoms with E-state index in [2.05, 4.69) is 0 Å². The van der Waals surface area contributed by atoms with Gasteiger partial charge in [-0.1, -0.05) is 6.92 Å². The Hall–Kier alpha value is -1.43. The number of hydrogen-bond acceptors (Lipinski definition) is 3. The molecule has 4 nitrogen and oxygen atoms in total. The van der Waals surface area contributed by atoms with Gasteiger partial charge in [0.25, 0.3) is 12.3 Å². The van der Waals surface area contributed by atoms with E-state index in [9.17, 15) is 13.6 Å². The molecular weight excluding hydrogens is 230 g/mol. The molecule has 17 heavy (non-hydrogen) atoms. The van der Waals surface area contributed by atoms with Crippen molar-refractivity contribution in [2.24, 2.45) is 5.73 Å². The van der Waals surface area contributed by atoms with Crippen molar-refractivity contribution in [3.63, 3.8) is 0 Å². The third-order valence-electron chi connectivity index (χ3n) is 2.27. The van der Waals surface area contributed by atoms with Crippen molar-refractivity contribution in [2.75, 3.05) is 19.6 Å². The normalized spacial score (nSPS) is 10.9. The Morgan fingerprint density at radius 3 is 2.71 bits per heavy atom. The second kappa shape index (κ2) is 6.34. The van der Waals surface area contributed by atoms with Crippen LogP contribution in [0.5, 0.6) is 0 Å². The molecular formula is C11H16F2N2O2. The molecule has 0 saturated heterocycles. The van der Waals surface area contributed by atoms with E-state index >= 15 is 0 Å². The smallest absolute Gasteiger partial charge is 0.289 e. The lowest BCUT2D eigenvalue weighted by molar-refractivity contribution is 0.0535. The SMILES string of the molecule is CCc1ccc(C(=O)N(CCN)CC(F)F)o1. The van der Waals surface area contributed by atoms with Crippen molar-refractivity contribution in [3.8, 4) is 0 Å². The highest BCUT2D eigenvalue weighted by Gasteiger charge is 2.21. The van der Waals surface area contributed by atoms with E-state index in [4.69, 9.17) is 10.2 Å². The van der Waals surface area contributed by atoms with E-state index in [1.807, 2.05) is 6.92 Å². The summed E-state index contributed by atoms with van der Waals surface area (Å²) >= 11 is 0. The van der Waals surface area contributed by atoms with Crippen LogP contribution in [0.2, 0.25) is 0 Å². The van der Waals surface area contributed by atoms with Gasteiger partial charge < -0.3 is 15.1 Å². The third kappa shape index (κ3) is 3.81. The number of nitrogens with zero attached hydrogens (tertiary/aromatic N) is 1. The zero-order chi connectivity index (χ0) is 12.8. The van der Waals surface area contributed by atoms with Crippen LogP contribution in [-0.4, -0.2) is 36.9 Å². The minimum Gasteiger partial charge on any atom is -0.456 e. The van der Waals surface area contributed by atoms with Crippen LogP contribution in [0.4, 0.5) is 8.78 Å². The number of nitrogens with two attached hydrogens (primary N) is 1. The van der Waals surface area contributed by atoms with Gasteiger partial charge in [-0.05, 0) is 12.1 Å². The summed E-state index contributed by atoms with van der Waals surface area (Å²) < 4.78 is 29.8. The molecule has 0 aliphatic rings. The molecule has 0 radical (unpaired) electrons. The first-order valence-electron chi connectivity index (χ1n) is 5.44. The maximum atomic E-state index is 12.3. The lowest BCUT2D eigenvalue weighted by Crippen LogP contribution is -2.38. The van der Waals surface area contributed by atoms with Crippen molar-refractivity contribution in [1.29, 1.82) is 0 Å². The summed E-state index contributed by atoms with van der Waals surface area (Å²) in [6, 6.07) is 3.16. The highest BCUT2D eigenvalue weighted by molar-refractivity contribution is 5.91. The van der Waals surface area contributed by atoms with E-state index in [0.29, 0.717) is 12.2 Å². The maximum absolute atomic E-state index is 12.3. The zero-order valence-electron chi connectivity index (χ0n) is 9.66. The highest BCUT2D eigenvalue weighted by atomic mass is 19.3. The topological polar surface area (TPSA) is 59.5 Å². The molecule has 6 heteroatoms. The molecule has 1 heterocycles. The molecule has 0 spiro atoms. The van der Waals surface area contributed by atoms with Gasteiger partial charge in [-0.2, -0.15) is 0 Å². The monoisotopic (exact) mass is 246 g/mol. The van der Waals surface area contributed by atoms with E-state index in [0.717, 1.165) is 4.90 Å². The summed E-state index contributed by atoms with van der Waals surface area (Å²) in [4.78, 5) is 12.8. The summed E-state index contributed by atoms with van der Waals surface area (Å²) in [6.45, 7) is 1.48. The molecule has 1 amide bonds. The average molecular weight is 246 g/mol. The summed E-state index contributed by atoms with van der Waals surface area (Å²) in [7, 11) is 0. The van der Waals surface area contributed by atoms with Crippen LogP contribution in [0.15, 0.2) is 16.5 Å². The van der Waals surface area contributed by atoms with Gasteiger partial charge in [0.1, 0.15) is 5.76 Å². The maximum Gasteiger partial charge on any atom is 0.289 e. The number of rotatable bonds is 6. The third-order valence-corrected chi connectivity index (χ3v) is 2.27. The Labute approximate surface area is 98.4 Å². The largest absolute Gasteiger partial charge is 0.456 e. The van der Waals surface area contributed by atoms with E-state index in [1.54, 1.807) is 6.07 Å². The summed E-state index contributed by atoms with van der Waals surface area (Å²) in [5, 5.41) is 0. The average Bonchev–Trinajstić information content (AvgIpc) is 2.75. The number of aryl methyl sites for hydroxylation is 1. The Morgan fingerprint density at radius 2 is 2.24 bits per heavy atom. The van der Waals surface area contributed by atoms with Crippen LogP contribution in [0.1, 0.15) is 23.2 Å². The van der Waals surface area contributed by atoms with Crippen LogP contribution >= 0.6 is 0 Å². The van der Waals surface area contributed by atoms with Crippen molar-refractivity contribution < 1.29 is 18.0 Å². The van der Waals surface area contributed by atoms with E-state index in [-0.39, 0.29) is 18.8 Å². The molecule has 0 unspecified atom stereocenters. The fourth-order valence-corrected chi connectivity index (χ4v) is 1.44. The van der Waals surface area contributed by atoms with E-state index in [1.165, 1.54) is 6.07 Å². The predicted molar refractivity (Wildman–Crippen MR) is 59.0 cm³/mol. The molecule has 0 saturated carbocycles. The Bertz CT molecular complexity index is 366. The fraction of sp³-hybridized carbons (Fsp3) is 0.545. The quantitative estimate of drug-likeness (QED) is 0.827. The van der Waals surface area contributed by atoms with Crippen molar-refractivity contribution >= 4 is 5.91 Å². The summed E-state index contributed by atoms with van der Waals surface area (Å²) in [5.41, 5.74) is 5.28. The van der Waals surface area contributed by atoms with Gasteiger partial charge in [-0.15, -0.1) is 0 Å². The Kier molecular flexibility index (Phi) is 5.09. The number of halogens is 2. The first-order valence-corrected chi connectivity index (χ1v) is 5.44. The van der Waals surface area contributed by atoms with Crippen LogP contribution in [-0.2, 0) is 6.42 Å². The predicted octanol–water partition coefficient (Wildman–Crippen LogP) is 1.51. The zero-order valence-corrected chi connectivity index (χ0v) is 9.66. The molecule has 0 fully saturated rings. The molecule has 0 aliphatic carbocycles. The molecule has 0 aliphatic heterocycles. The van der Waals surface area contributed by atoms with Crippen LogP contribution in [0, 0.1) is 0 Å². The molecule has 1 rings (SSSR count). The number of alkyl halides is 2. The number of carbonyl (C=O) groups excluding carboxylic acids is 1. The molecule has 96 valence electrons. The first kappa shape index (κ1) is 13.6. The molecule has 2 N–H and O–H groups in total. The summed E-state index contributed by atoms with van der Waals surface area (Å²) in [5.74, 6) is 0.185. The minimum absolute atomic E-state index is 0.0796. The lowest BCUT2D eigenvalue weighted by atomic mass is 10.3. The van der Waals surface area contributed by atoms with Crippen LogP contribution in [0.3, 0.4) is 0 Å². The fourth-order valence-electron chi connectivity index (χ4n) is 1.44. The number of furan rings is 1. The molecule has 0 atom stereocenters. The number of hydrogen-bond donors (Lipinski definition) is 1. The van der Waals surface area contributed by atoms with Gasteiger partial charge in [-0.25, -0.2) is 8.78 Å². The highest BCUT2D eigenvalue weighted by Crippen LogP contribution is 2.12. The van der Waals surface area contributed by atoms with Gasteiger partial charge >= 0.3 is 0 Å². The van der Waals surface area contributed by atoms with Gasteiger partial charge in [0.15, 0.2) is 5.76 Å². The van der Waals surface area contributed by atoms with E-state index < -0.39 is 18.9 Å². The number of amides is 1. The molecule has 1 aromatic rings. The Morgan fingerprint density at radius 1 is 1.53 bits per heavy atom. The molecule has 1 aromatic heterocycles. The van der Waals surface area contributed by atoms with Crippen molar-refractivity contribution in [2.45, 2.75) is 19.8 Å². The second-order valence-electron chi connectivity index (χ2n) is 3.55. The second-order valence-corrected chi connectivity index (χ2v) is 3.55. The molecule has 0 bridgehead atoms. The van der Waals surface area contributed by atoms with Crippen molar-refractivity contribution in [3.05, 3.63) is 23.7 Å². The Balaban J connectivity index is 2.75. The van der Waals surface area contributed by atoms with Crippen LogP contribution < -0.4 is 5.73 Å². The van der Waals surface area contributed by atoms with Gasteiger partial charge in [0.05, 0.1) is 6.54 Å². The molecule has 0 aromatic carbocycles. The van der Waals surface area contributed by atoms with Gasteiger partial charge in [0.2, 0.25) is 0 Å². The first-order chi connectivity index (χ1) is 8.08. The van der Waals surface area contributed by atoms with Gasteiger partial charge in [0, 0.05) is 19.5 Å². The summed E-state index contributed by atoms with van der Waals surface area (Å²) in [6.07, 6.45) is -1.93. The minimum atomic E-state index is -2.58. The van der Waals surface area contributed by atoms with Gasteiger partial charge in [-0.3, -0.25) is 4.79 Å². The van der Waals surface area contributed by atoms with Crippen molar-refractivity contribution in [1.82, 2.24) is 4.90 Å². The van der Waals surface area contributed by atoms with Crippen LogP contribution in [0.25, 0.3) is 0 Å².